The van der Waals surface area contributed by atoms with E-state index in [0.29, 0.717) is 17.7 Å². The summed E-state index contributed by atoms with van der Waals surface area (Å²) in [4.78, 5) is 14.4. The van der Waals surface area contributed by atoms with Crippen LogP contribution in [0.25, 0.3) is 0 Å². The highest BCUT2D eigenvalue weighted by molar-refractivity contribution is 6.20. The van der Waals surface area contributed by atoms with Crippen LogP contribution in [0.15, 0.2) is 0 Å². The van der Waals surface area contributed by atoms with E-state index in [2.05, 4.69) is 11.8 Å². The van der Waals surface area contributed by atoms with E-state index in [1.807, 2.05) is 0 Å². The average molecular weight is 242 g/mol. The Labute approximate surface area is 102 Å². The lowest BCUT2D eigenvalue weighted by molar-refractivity contribution is -0.135. The van der Waals surface area contributed by atoms with E-state index in [1.54, 1.807) is 0 Å². The highest BCUT2D eigenvalue weighted by Crippen LogP contribution is 2.58. The van der Waals surface area contributed by atoms with E-state index in [0.717, 1.165) is 31.3 Å². The molecular weight excluding hydrogens is 222 g/mol. The minimum atomic E-state index is 0.266. The predicted molar refractivity (Wildman–Crippen MR) is 64.3 cm³/mol. The van der Waals surface area contributed by atoms with Gasteiger partial charge in [0.25, 0.3) is 0 Å². The lowest BCUT2D eigenvalue weighted by Crippen LogP contribution is -2.44. The average Bonchev–Trinajstić information content (AvgIpc) is 2.74. The van der Waals surface area contributed by atoms with Crippen molar-refractivity contribution in [3.8, 4) is 0 Å². The van der Waals surface area contributed by atoms with Crippen LogP contribution in [0.5, 0.6) is 0 Å². The fourth-order valence-corrected chi connectivity index (χ4v) is 3.89. The summed E-state index contributed by atoms with van der Waals surface area (Å²) >= 11 is 6.19. The van der Waals surface area contributed by atoms with Crippen LogP contribution in [0.2, 0.25) is 0 Å². The summed E-state index contributed by atoms with van der Waals surface area (Å²) in [6.45, 7) is 3.92. The fourth-order valence-electron chi connectivity index (χ4n) is 3.72. The standard InChI is InChI=1S/C13H20ClNO/c1-8-7-15(6-5-11(8)14)13(16)12-9-3-2-4-10(9)12/h8-12H,2-7H2,1H3. The van der Waals surface area contributed by atoms with Gasteiger partial charge in [0.05, 0.1) is 0 Å². The number of likely N-dealkylation sites (tertiary alicyclic amines) is 1. The van der Waals surface area contributed by atoms with E-state index in [4.69, 9.17) is 11.6 Å². The van der Waals surface area contributed by atoms with Gasteiger partial charge in [0.15, 0.2) is 0 Å². The number of hydrogen-bond acceptors (Lipinski definition) is 1. The van der Waals surface area contributed by atoms with E-state index >= 15 is 0 Å². The number of amides is 1. The smallest absolute Gasteiger partial charge is 0.226 e. The molecule has 0 aromatic rings. The fraction of sp³-hybridized carbons (Fsp3) is 0.923. The maximum absolute atomic E-state index is 12.3. The van der Waals surface area contributed by atoms with E-state index in [-0.39, 0.29) is 5.38 Å². The highest BCUT2D eigenvalue weighted by Gasteiger charge is 2.57. The number of alkyl halides is 1. The molecule has 16 heavy (non-hydrogen) atoms. The third kappa shape index (κ3) is 1.66. The Morgan fingerprint density at radius 3 is 2.56 bits per heavy atom. The van der Waals surface area contributed by atoms with Gasteiger partial charge in [-0.05, 0) is 37.0 Å². The molecule has 0 spiro atoms. The largest absolute Gasteiger partial charge is 0.342 e. The summed E-state index contributed by atoms with van der Waals surface area (Å²) < 4.78 is 0. The Morgan fingerprint density at radius 2 is 1.94 bits per heavy atom. The summed E-state index contributed by atoms with van der Waals surface area (Å²) in [5, 5.41) is 0.266. The van der Waals surface area contributed by atoms with E-state index in [1.165, 1.54) is 19.3 Å². The number of nitrogens with zero attached hydrogens (tertiary/aromatic N) is 1. The van der Waals surface area contributed by atoms with Crippen molar-refractivity contribution >= 4 is 17.5 Å². The second-order valence-electron chi connectivity index (χ2n) is 5.85. The molecule has 0 radical (unpaired) electrons. The number of carbonyl (C=O) groups excluding carboxylic acids is 1. The number of piperidine rings is 1. The van der Waals surface area contributed by atoms with Crippen LogP contribution in [0.1, 0.15) is 32.6 Å². The van der Waals surface area contributed by atoms with Gasteiger partial charge in [-0.25, -0.2) is 0 Å². The number of halogens is 1. The van der Waals surface area contributed by atoms with Crippen LogP contribution >= 0.6 is 11.6 Å². The molecular formula is C13H20ClNO. The van der Waals surface area contributed by atoms with Gasteiger partial charge in [0.2, 0.25) is 5.91 Å². The SMILES string of the molecule is CC1CN(C(=O)C2C3CCCC32)CCC1Cl. The zero-order valence-corrected chi connectivity index (χ0v) is 10.6. The van der Waals surface area contributed by atoms with E-state index in [9.17, 15) is 4.79 Å². The molecule has 1 amide bonds. The molecule has 2 nitrogen and oxygen atoms in total. The van der Waals surface area contributed by atoms with Gasteiger partial charge in [-0.2, -0.15) is 0 Å². The third-order valence-electron chi connectivity index (χ3n) is 4.80. The quantitative estimate of drug-likeness (QED) is 0.646. The third-order valence-corrected chi connectivity index (χ3v) is 5.45. The molecule has 3 heteroatoms. The van der Waals surface area contributed by atoms with Crippen LogP contribution in [0.3, 0.4) is 0 Å². The molecule has 0 bridgehead atoms. The van der Waals surface area contributed by atoms with Crippen molar-refractivity contribution in [3.05, 3.63) is 0 Å². The molecule has 4 unspecified atom stereocenters. The zero-order valence-electron chi connectivity index (χ0n) is 9.86. The Morgan fingerprint density at radius 1 is 1.25 bits per heavy atom. The van der Waals surface area contributed by atoms with E-state index < -0.39 is 0 Å². The van der Waals surface area contributed by atoms with Crippen LogP contribution in [0, 0.1) is 23.7 Å². The molecule has 1 aliphatic heterocycles. The van der Waals surface area contributed by atoms with Crippen molar-refractivity contribution in [2.75, 3.05) is 13.1 Å². The van der Waals surface area contributed by atoms with Crippen molar-refractivity contribution in [2.24, 2.45) is 23.7 Å². The van der Waals surface area contributed by atoms with Crippen molar-refractivity contribution < 1.29 is 4.79 Å². The Kier molecular flexibility index (Phi) is 2.66. The second kappa shape index (κ2) is 3.90. The van der Waals surface area contributed by atoms with Gasteiger partial charge >= 0.3 is 0 Å². The highest BCUT2D eigenvalue weighted by atomic mass is 35.5. The number of fused-ring (bicyclic) bond motifs is 1. The Balaban J connectivity index is 1.60. The van der Waals surface area contributed by atoms with Crippen molar-refractivity contribution in [3.63, 3.8) is 0 Å². The number of hydrogen-bond donors (Lipinski definition) is 0. The van der Waals surface area contributed by atoms with Gasteiger partial charge in [-0.3, -0.25) is 4.79 Å². The molecule has 3 rings (SSSR count). The van der Waals surface area contributed by atoms with Crippen LogP contribution in [-0.2, 0) is 4.79 Å². The number of rotatable bonds is 1. The lowest BCUT2D eigenvalue weighted by Gasteiger charge is -2.34. The van der Waals surface area contributed by atoms with Crippen molar-refractivity contribution in [2.45, 2.75) is 38.0 Å². The molecule has 3 aliphatic rings. The van der Waals surface area contributed by atoms with Crippen LogP contribution in [0.4, 0.5) is 0 Å². The summed E-state index contributed by atoms with van der Waals surface area (Å²) in [7, 11) is 0. The first-order valence-electron chi connectivity index (χ1n) is 6.61. The molecule has 0 N–H and O–H groups in total. The lowest BCUT2D eigenvalue weighted by atomic mass is 9.98. The number of carbonyl (C=O) groups is 1. The zero-order chi connectivity index (χ0) is 11.3. The molecule has 2 saturated carbocycles. The van der Waals surface area contributed by atoms with Gasteiger partial charge in [-0.1, -0.05) is 13.3 Å². The monoisotopic (exact) mass is 241 g/mol. The first-order chi connectivity index (χ1) is 7.68. The topological polar surface area (TPSA) is 20.3 Å². The Bertz CT molecular complexity index is 296. The van der Waals surface area contributed by atoms with Crippen molar-refractivity contribution in [1.29, 1.82) is 0 Å². The van der Waals surface area contributed by atoms with Gasteiger partial charge in [0, 0.05) is 24.4 Å². The summed E-state index contributed by atoms with van der Waals surface area (Å²) in [5.74, 6) is 2.78. The molecule has 1 heterocycles. The predicted octanol–water partition coefficient (Wildman–Crippen LogP) is 2.51. The Hall–Kier alpha value is -0.240. The van der Waals surface area contributed by atoms with Crippen LogP contribution in [-0.4, -0.2) is 29.3 Å². The molecule has 0 aromatic carbocycles. The van der Waals surface area contributed by atoms with Gasteiger partial charge in [-0.15, -0.1) is 11.6 Å². The summed E-state index contributed by atoms with van der Waals surface area (Å²) in [5.41, 5.74) is 0. The molecule has 4 atom stereocenters. The van der Waals surface area contributed by atoms with Crippen LogP contribution < -0.4 is 0 Å². The van der Waals surface area contributed by atoms with Gasteiger partial charge in [0.1, 0.15) is 0 Å². The minimum Gasteiger partial charge on any atom is -0.342 e. The first-order valence-corrected chi connectivity index (χ1v) is 7.05. The molecule has 0 aromatic heterocycles. The van der Waals surface area contributed by atoms with Gasteiger partial charge < -0.3 is 4.90 Å². The second-order valence-corrected chi connectivity index (χ2v) is 6.41. The van der Waals surface area contributed by atoms with Crippen molar-refractivity contribution in [1.82, 2.24) is 4.90 Å². The molecule has 1 saturated heterocycles. The summed E-state index contributed by atoms with van der Waals surface area (Å²) in [6, 6.07) is 0. The first kappa shape index (κ1) is 10.9. The maximum atomic E-state index is 12.3. The normalized spacial score (nSPS) is 46.6. The molecule has 3 fully saturated rings. The summed E-state index contributed by atoms with van der Waals surface area (Å²) in [6.07, 6.45) is 4.90. The minimum absolute atomic E-state index is 0.266. The molecule has 2 aliphatic carbocycles. The maximum Gasteiger partial charge on any atom is 0.226 e. The molecule has 90 valence electrons.